The van der Waals surface area contributed by atoms with E-state index in [1.54, 1.807) is 30.6 Å². The Morgan fingerprint density at radius 2 is 1.72 bits per heavy atom. The number of hydrogen-bond donors (Lipinski definition) is 0. The average molecular weight is 469 g/mol. The van der Waals surface area contributed by atoms with Gasteiger partial charge in [0.05, 0.1) is 10.0 Å². The van der Waals surface area contributed by atoms with Crippen LogP contribution in [0, 0.1) is 6.92 Å². The quantitative estimate of drug-likeness (QED) is 0.410. The molecule has 0 radical (unpaired) electrons. The molecule has 1 amide bonds. The lowest BCUT2D eigenvalue weighted by Crippen LogP contribution is -2.42. The molecular formula is C22H18Cl2N6O2. The van der Waals surface area contributed by atoms with Gasteiger partial charge in [0.2, 0.25) is 0 Å². The third kappa shape index (κ3) is 4.42. The van der Waals surface area contributed by atoms with Gasteiger partial charge >= 0.3 is 11.7 Å². The number of hydrogen-bond acceptors (Lipinski definition) is 5. The molecule has 2 aromatic heterocycles. The Morgan fingerprint density at radius 1 is 1.00 bits per heavy atom. The molecule has 10 heteroatoms. The van der Waals surface area contributed by atoms with Gasteiger partial charge in [-0.2, -0.15) is 4.68 Å². The Bertz CT molecular complexity index is 1280. The summed E-state index contributed by atoms with van der Waals surface area (Å²) in [6.07, 6.45) is 3.95. The molecule has 0 unspecified atom stereocenters. The normalized spacial score (nSPS) is 10.8. The minimum Gasteiger partial charge on any atom is -0.292 e. The largest absolute Gasteiger partial charge is 0.377 e. The van der Waals surface area contributed by atoms with Gasteiger partial charge < -0.3 is 0 Å². The van der Waals surface area contributed by atoms with Crippen molar-refractivity contribution in [1.82, 2.24) is 24.8 Å². The summed E-state index contributed by atoms with van der Waals surface area (Å²) in [6.45, 7) is 2.26. The predicted octanol–water partition coefficient (Wildman–Crippen LogP) is 4.16. The van der Waals surface area contributed by atoms with Gasteiger partial charge in [-0.15, -0.1) is 4.68 Å². The Labute approximate surface area is 193 Å². The monoisotopic (exact) mass is 468 g/mol. The van der Waals surface area contributed by atoms with Gasteiger partial charge in [-0.05, 0) is 59.7 Å². The van der Waals surface area contributed by atoms with Gasteiger partial charge in [0.25, 0.3) is 0 Å². The topological polar surface area (TPSA) is 85.9 Å². The lowest BCUT2D eigenvalue weighted by molar-refractivity contribution is 0.243. The summed E-state index contributed by atoms with van der Waals surface area (Å²) in [4.78, 5) is 32.0. The first-order chi connectivity index (χ1) is 15.5. The first kappa shape index (κ1) is 21.7. The molecule has 0 fully saturated rings. The molecule has 0 aliphatic carbocycles. The van der Waals surface area contributed by atoms with Crippen molar-refractivity contribution in [1.29, 1.82) is 0 Å². The van der Waals surface area contributed by atoms with Crippen LogP contribution in [0.1, 0.15) is 11.1 Å². The Hall–Kier alpha value is -3.49. The fraction of sp³-hybridized carbons (Fsp3) is 0.136. The third-order valence-electron chi connectivity index (χ3n) is 4.84. The Morgan fingerprint density at radius 3 is 2.38 bits per heavy atom. The molecule has 4 aromatic rings. The van der Waals surface area contributed by atoms with Crippen LogP contribution >= 0.6 is 23.2 Å². The molecule has 2 heterocycles. The number of carbonyl (C=O) groups excluding carboxylic acids is 1. The number of benzene rings is 2. The number of anilines is 1. The van der Waals surface area contributed by atoms with Crippen LogP contribution in [0.4, 0.5) is 10.5 Å². The molecule has 0 atom stereocenters. The molecule has 0 spiro atoms. The van der Waals surface area contributed by atoms with Crippen molar-refractivity contribution >= 4 is 34.9 Å². The minimum atomic E-state index is -0.775. The summed E-state index contributed by atoms with van der Waals surface area (Å²) in [7, 11) is 0. The van der Waals surface area contributed by atoms with Crippen LogP contribution in [-0.4, -0.2) is 37.4 Å². The zero-order chi connectivity index (χ0) is 22.7. The van der Waals surface area contributed by atoms with Crippen molar-refractivity contribution in [2.24, 2.45) is 0 Å². The molecule has 0 N–H and O–H groups in total. The van der Waals surface area contributed by atoms with Gasteiger partial charge in [0.1, 0.15) is 5.69 Å². The molecule has 0 aliphatic rings. The van der Waals surface area contributed by atoms with Crippen molar-refractivity contribution in [3.8, 4) is 5.69 Å². The average Bonchev–Trinajstić information content (AvgIpc) is 3.16. The van der Waals surface area contributed by atoms with Crippen LogP contribution in [0.2, 0.25) is 10.0 Å². The smallest absolute Gasteiger partial charge is 0.292 e. The number of aryl methyl sites for hydroxylation is 1. The van der Waals surface area contributed by atoms with Gasteiger partial charge in [-0.3, -0.25) is 9.88 Å². The van der Waals surface area contributed by atoms with E-state index in [0.29, 0.717) is 23.3 Å². The van der Waals surface area contributed by atoms with Gasteiger partial charge in [0.15, 0.2) is 0 Å². The molecule has 0 bridgehead atoms. The van der Waals surface area contributed by atoms with Crippen molar-refractivity contribution in [3.63, 3.8) is 0 Å². The maximum Gasteiger partial charge on any atom is 0.377 e. The van der Waals surface area contributed by atoms with Crippen molar-refractivity contribution in [2.45, 2.75) is 13.3 Å². The zero-order valence-corrected chi connectivity index (χ0v) is 18.5. The number of halogens is 2. The summed E-state index contributed by atoms with van der Waals surface area (Å²) >= 11 is 12.4. The summed E-state index contributed by atoms with van der Waals surface area (Å²) in [5.41, 5.74) is 2.02. The second kappa shape index (κ2) is 9.33. The lowest BCUT2D eigenvalue weighted by atomic mass is 10.2. The highest BCUT2D eigenvalue weighted by Gasteiger charge is 2.24. The van der Waals surface area contributed by atoms with E-state index < -0.39 is 11.7 Å². The molecule has 4 rings (SSSR count). The summed E-state index contributed by atoms with van der Waals surface area (Å²) < 4.78 is 1.61. The van der Waals surface area contributed by atoms with Crippen LogP contribution in [0.25, 0.3) is 5.69 Å². The predicted molar refractivity (Wildman–Crippen MR) is 123 cm³/mol. The molecule has 32 heavy (non-hydrogen) atoms. The molecule has 0 saturated carbocycles. The van der Waals surface area contributed by atoms with Crippen LogP contribution < -0.4 is 10.6 Å². The van der Waals surface area contributed by atoms with Crippen LogP contribution in [0.15, 0.2) is 71.8 Å². The lowest BCUT2D eigenvalue weighted by Gasteiger charge is -2.22. The Balaban J connectivity index is 1.70. The van der Waals surface area contributed by atoms with Crippen molar-refractivity contribution in [2.75, 3.05) is 11.4 Å². The molecule has 2 aromatic carbocycles. The summed E-state index contributed by atoms with van der Waals surface area (Å²) in [6, 6.07) is 15.3. The number of amides is 1. The van der Waals surface area contributed by atoms with Crippen molar-refractivity contribution in [3.05, 3.63) is 98.6 Å². The zero-order valence-electron chi connectivity index (χ0n) is 17.0. The number of carbonyl (C=O) groups is 1. The first-order valence-corrected chi connectivity index (χ1v) is 10.5. The first-order valence-electron chi connectivity index (χ1n) is 9.72. The number of tetrazole rings is 1. The SMILES string of the molecule is Cc1ccc(N(CCc2cccnc2)C(=O)n2nnn(-c3c(Cl)cccc3Cl)c2=O)cc1. The second-order valence-corrected chi connectivity index (χ2v) is 7.85. The Kier molecular flexibility index (Phi) is 6.34. The van der Waals surface area contributed by atoms with E-state index in [2.05, 4.69) is 15.4 Å². The highest BCUT2D eigenvalue weighted by molar-refractivity contribution is 6.37. The highest BCUT2D eigenvalue weighted by Crippen LogP contribution is 2.26. The third-order valence-corrected chi connectivity index (χ3v) is 5.45. The minimum absolute atomic E-state index is 0.164. The van der Waals surface area contributed by atoms with Gasteiger partial charge in [0, 0.05) is 24.6 Å². The van der Waals surface area contributed by atoms with Gasteiger partial charge in [-0.1, -0.05) is 53.0 Å². The van der Waals surface area contributed by atoms with Gasteiger partial charge in [-0.25, -0.2) is 9.59 Å². The molecule has 8 nitrogen and oxygen atoms in total. The number of pyridine rings is 1. The van der Waals surface area contributed by atoms with Crippen LogP contribution in [-0.2, 0) is 6.42 Å². The van der Waals surface area contributed by atoms with E-state index >= 15 is 0 Å². The van der Waals surface area contributed by atoms with E-state index in [1.165, 1.54) is 4.90 Å². The second-order valence-electron chi connectivity index (χ2n) is 7.04. The molecular weight excluding hydrogens is 451 g/mol. The number of para-hydroxylation sites is 1. The van der Waals surface area contributed by atoms with Crippen molar-refractivity contribution < 1.29 is 4.79 Å². The van der Waals surface area contributed by atoms with E-state index in [1.807, 2.05) is 43.3 Å². The maximum atomic E-state index is 13.4. The molecule has 0 saturated heterocycles. The fourth-order valence-electron chi connectivity index (χ4n) is 3.16. The number of nitrogens with zero attached hydrogens (tertiary/aromatic N) is 6. The summed E-state index contributed by atoms with van der Waals surface area (Å²) in [5.74, 6) is 0. The fourth-order valence-corrected chi connectivity index (χ4v) is 3.72. The van der Waals surface area contributed by atoms with E-state index in [0.717, 1.165) is 15.8 Å². The number of rotatable bonds is 5. The summed E-state index contributed by atoms with van der Waals surface area (Å²) in [5, 5.41) is 8.05. The maximum absolute atomic E-state index is 13.4. The van der Waals surface area contributed by atoms with E-state index in [-0.39, 0.29) is 15.7 Å². The molecule has 162 valence electrons. The standard InChI is InChI=1S/C22H18Cl2N6O2/c1-15-7-9-17(10-8-15)28(13-11-16-4-3-12-25-14-16)21(31)30-22(32)29(26-27-30)20-18(23)5-2-6-19(20)24/h2-10,12,14H,11,13H2,1H3. The van der Waals surface area contributed by atoms with Crippen LogP contribution in [0.5, 0.6) is 0 Å². The van der Waals surface area contributed by atoms with Crippen LogP contribution in [0.3, 0.4) is 0 Å². The number of aromatic nitrogens is 5. The van der Waals surface area contributed by atoms with E-state index in [4.69, 9.17) is 23.2 Å². The van der Waals surface area contributed by atoms with E-state index in [9.17, 15) is 9.59 Å². The highest BCUT2D eigenvalue weighted by atomic mass is 35.5. The molecule has 0 aliphatic heterocycles.